The molecule has 1 unspecified atom stereocenters. The molecular formula is C25H30N2O2. The molecule has 0 aromatic carbocycles. The number of Topliss-reactive ketones (excluding diaryl/α,β-unsaturated/α-hetero) is 1. The fourth-order valence-corrected chi connectivity index (χ4v) is 6.15. The van der Waals surface area contributed by atoms with E-state index in [1.54, 1.807) is 0 Å². The molecule has 0 spiro atoms. The number of carbonyl (C=O) groups is 1. The van der Waals surface area contributed by atoms with Crippen molar-refractivity contribution in [2.24, 2.45) is 17.3 Å². The number of carbonyl (C=O) groups excluding carboxylic acids is 1. The van der Waals surface area contributed by atoms with Crippen LogP contribution in [0.15, 0.2) is 59.7 Å². The van der Waals surface area contributed by atoms with Crippen LogP contribution in [0.4, 0.5) is 0 Å². The summed E-state index contributed by atoms with van der Waals surface area (Å²) in [7, 11) is 4.14. The van der Waals surface area contributed by atoms with E-state index in [9.17, 15) is 4.79 Å². The molecule has 152 valence electrons. The van der Waals surface area contributed by atoms with Crippen LogP contribution < -0.4 is 0 Å². The molecule has 0 amide bonds. The van der Waals surface area contributed by atoms with Gasteiger partial charge in [-0.05, 0) is 67.5 Å². The first-order valence-corrected chi connectivity index (χ1v) is 10.8. The molecule has 0 bridgehead atoms. The molecule has 1 saturated carbocycles. The molecule has 1 aromatic heterocycles. The van der Waals surface area contributed by atoms with E-state index in [0.717, 1.165) is 37.1 Å². The molecule has 4 heteroatoms. The fraction of sp³-hybridized carbons (Fsp3) is 0.520. The Hall–Kier alpha value is -2.20. The minimum absolute atomic E-state index is 0.0603. The largest absolute Gasteiger partial charge is 0.489 e. The normalized spacial score (nSPS) is 35.7. The molecule has 1 fully saturated rings. The van der Waals surface area contributed by atoms with Gasteiger partial charge in [-0.2, -0.15) is 0 Å². The Morgan fingerprint density at radius 1 is 1.28 bits per heavy atom. The maximum absolute atomic E-state index is 12.8. The third kappa shape index (κ3) is 3.09. The van der Waals surface area contributed by atoms with E-state index >= 15 is 0 Å². The van der Waals surface area contributed by atoms with Gasteiger partial charge in [0, 0.05) is 37.7 Å². The van der Waals surface area contributed by atoms with Gasteiger partial charge >= 0.3 is 0 Å². The summed E-state index contributed by atoms with van der Waals surface area (Å²) in [6, 6.07) is 4.25. The number of allylic oxidation sites excluding steroid dienone is 4. The summed E-state index contributed by atoms with van der Waals surface area (Å²) in [5.41, 5.74) is 3.38. The van der Waals surface area contributed by atoms with Crippen LogP contribution in [0, 0.1) is 17.3 Å². The highest BCUT2D eigenvalue weighted by atomic mass is 16.5. The van der Waals surface area contributed by atoms with Gasteiger partial charge in [-0.3, -0.25) is 9.78 Å². The van der Waals surface area contributed by atoms with Gasteiger partial charge in [-0.15, -0.1) is 0 Å². The number of hydrogen-bond acceptors (Lipinski definition) is 4. The number of nitrogens with zero attached hydrogens (tertiary/aromatic N) is 2. The molecule has 0 N–H and O–H groups in total. The summed E-state index contributed by atoms with van der Waals surface area (Å²) in [6.45, 7) is 3.31. The van der Waals surface area contributed by atoms with E-state index in [1.165, 1.54) is 11.1 Å². The predicted molar refractivity (Wildman–Crippen MR) is 113 cm³/mol. The molecule has 1 aliphatic heterocycles. The maximum atomic E-state index is 12.8. The second-order valence-corrected chi connectivity index (χ2v) is 9.70. The number of rotatable bonds is 3. The van der Waals surface area contributed by atoms with Crippen LogP contribution in [-0.2, 0) is 9.53 Å². The number of ketones is 1. The average molecular weight is 391 g/mol. The first-order chi connectivity index (χ1) is 14.0. The number of ether oxygens (including phenoxy) is 1. The summed E-state index contributed by atoms with van der Waals surface area (Å²) < 4.78 is 6.64. The number of pyridine rings is 1. The summed E-state index contributed by atoms with van der Waals surface area (Å²) in [6.07, 6.45) is 14.5. The molecule has 4 nitrogen and oxygen atoms in total. The minimum Gasteiger partial charge on any atom is -0.489 e. The monoisotopic (exact) mass is 390 g/mol. The van der Waals surface area contributed by atoms with E-state index in [2.05, 4.69) is 55.2 Å². The van der Waals surface area contributed by atoms with Gasteiger partial charge in [0.05, 0.1) is 5.57 Å². The number of aromatic nitrogens is 1. The minimum atomic E-state index is 0.0603. The highest BCUT2D eigenvalue weighted by molar-refractivity contribution is 6.00. The molecule has 5 rings (SSSR count). The van der Waals surface area contributed by atoms with Gasteiger partial charge in [0.2, 0.25) is 0 Å². The van der Waals surface area contributed by atoms with Crippen molar-refractivity contribution in [3.63, 3.8) is 0 Å². The zero-order valence-corrected chi connectivity index (χ0v) is 17.6. The standard InChI is InChI=1S/C25H30N2O2/c1-25-9-8-17-13-19-22(28)11-16(15-27(2)3)12-23(19)29-24(17)21(25)7-6-20(25)18-5-4-10-26-14-18/h4-5,8-10,13-14,16,20-21,24H,6-7,11-12,15H2,1-3H3/t16?,20-,21+,24-,25-/m1/s1. The van der Waals surface area contributed by atoms with Gasteiger partial charge < -0.3 is 9.64 Å². The number of fused-ring (bicyclic) bond motifs is 3. The summed E-state index contributed by atoms with van der Waals surface area (Å²) in [5, 5.41) is 0. The van der Waals surface area contributed by atoms with Crippen molar-refractivity contribution in [3.8, 4) is 0 Å². The van der Waals surface area contributed by atoms with Crippen molar-refractivity contribution in [2.75, 3.05) is 20.6 Å². The van der Waals surface area contributed by atoms with Gasteiger partial charge in [-0.25, -0.2) is 0 Å². The second kappa shape index (κ2) is 6.94. The first kappa shape index (κ1) is 18.8. The fourth-order valence-electron chi connectivity index (χ4n) is 6.15. The average Bonchev–Trinajstić information content (AvgIpc) is 3.05. The van der Waals surface area contributed by atoms with Crippen LogP contribution in [0.3, 0.4) is 0 Å². The van der Waals surface area contributed by atoms with E-state index in [-0.39, 0.29) is 17.3 Å². The maximum Gasteiger partial charge on any atom is 0.166 e. The SMILES string of the molecule is CN(C)CC1CC(=O)C2=C(C1)O[C@@H]1C(=C2)C=C[C@]2(C)[C@@H](c3cccnc3)CC[C@@H]12. The van der Waals surface area contributed by atoms with Gasteiger partial charge in [0.1, 0.15) is 11.9 Å². The van der Waals surface area contributed by atoms with Crippen LogP contribution in [0.1, 0.15) is 44.1 Å². The molecule has 0 radical (unpaired) electrons. The van der Waals surface area contributed by atoms with E-state index in [4.69, 9.17) is 4.74 Å². The van der Waals surface area contributed by atoms with Crippen LogP contribution >= 0.6 is 0 Å². The Labute approximate surface area is 173 Å². The van der Waals surface area contributed by atoms with Crippen LogP contribution in [-0.4, -0.2) is 42.4 Å². The lowest BCUT2D eigenvalue weighted by Gasteiger charge is -2.45. The quantitative estimate of drug-likeness (QED) is 0.773. The zero-order chi connectivity index (χ0) is 20.2. The Kier molecular flexibility index (Phi) is 4.50. The van der Waals surface area contributed by atoms with Crippen LogP contribution in [0.5, 0.6) is 0 Å². The molecule has 4 aliphatic rings. The third-order valence-electron chi connectivity index (χ3n) is 7.48. The van der Waals surface area contributed by atoms with Crippen LogP contribution in [0.25, 0.3) is 0 Å². The van der Waals surface area contributed by atoms with Gasteiger partial charge in [0.25, 0.3) is 0 Å². The highest BCUT2D eigenvalue weighted by Gasteiger charge is 2.53. The molecule has 0 saturated heterocycles. The molecule has 5 atom stereocenters. The Balaban J connectivity index is 1.45. The zero-order valence-electron chi connectivity index (χ0n) is 17.6. The summed E-state index contributed by atoms with van der Waals surface area (Å²) in [5.74, 6) is 2.42. The third-order valence-corrected chi connectivity index (χ3v) is 7.48. The van der Waals surface area contributed by atoms with Crippen molar-refractivity contribution < 1.29 is 9.53 Å². The molecule has 3 aliphatic carbocycles. The van der Waals surface area contributed by atoms with E-state index in [1.807, 2.05) is 18.5 Å². The lowest BCUT2D eigenvalue weighted by molar-refractivity contribution is -0.117. The van der Waals surface area contributed by atoms with Crippen molar-refractivity contribution in [3.05, 3.63) is 65.2 Å². The Morgan fingerprint density at radius 3 is 2.90 bits per heavy atom. The summed E-state index contributed by atoms with van der Waals surface area (Å²) in [4.78, 5) is 19.3. The Morgan fingerprint density at radius 2 is 2.14 bits per heavy atom. The van der Waals surface area contributed by atoms with Gasteiger partial charge in [-0.1, -0.05) is 25.1 Å². The second-order valence-electron chi connectivity index (χ2n) is 9.70. The Bertz CT molecular complexity index is 914. The smallest absolute Gasteiger partial charge is 0.166 e. The predicted octanol–water partition coefficient (Wildman–Crippen LogP) is 4.27. The van der Waals surface area contributed by atoms with Crippen molar-refractivity contribution >= 4 is 5.78 Å². The van der Waals surface area contributed by atoms with Gasteiger partial charge in [0.15, 0.2) is 5.78 Å². The van der Waals surface area contributed by atoms with Crippen molar-refractivity contribution in [2.45, 2.75) is 44.6 Å². The number of hydrogen-bond donors (Lipinski definition) is 0. The highest BCUT2D eigenvalue weighted by Crippen LogP contribution is 2.59. The molecule has 29 heavy (non-hydrogen) atoms. The molecule has 1 aromatic rings. The summed E-state index contributed by atoms with van der Waals surface area (Å²) >= 11 is 0. The van der Waals surface area contributed by atoms with Crippen LogP contribution in [0.2, 0.25) is 0 Å². The van der Waals surface area contributed by atoms with Crippen molar-refractivity contribution in [1.29, 1.82) is 0 Å². The topological polar surface area (TPSA) is 42.4 Å². The molecular weight excluding hydrogens is 360 g/mol. The molecule has 2 heterocycles. The lowest BCUT2D eigenvalue weighted by Crippen LogP contribution is -2.41. The van der Waals surface area contributed by atoms with E-state index < -0.39 is 0 Å². The first-order valence-electron chi connectivity index (χ1n) is 10.8. The van der Waals surface area contributed by atoms with E-state index in [0.29, 0.717) is 24.2 Å². The lowest BCUT2D eigenvalue weighted by atomic mass is 9.65. The van der Waals surface area contributed by atoms with Crippen molar-refractivity contribution in [1.82, 2.24) is 9.88 Å².